The number of ether oxygens (including phenoxy) is 2. The predicted molar refractivity (Wildman–Crippen MR) is 145 cm³/mol. The first-order valence-electron chi connectivity index (χ1n) is 12.0. The Hall–Kier alpha value is -4.09. The number of aromatic nitrogens is 2. The van der Waals surface area contributed by atoms with Crippen molar-refractivity contribution in [3.05, 3.63) is 82.7 Å². The van der Waals surface area contributed by atoms with Crippen molar-refractivity contribution in [3.8, 4) is 5.75 Å². The van der Waals surface area contributed by atoms with Gasteiger partial charge in [-0.1, -0.05) is 18.2 Å². The molecule has 3 heterocycles. The zero-order valence-electron chi connectivity index (χ0n) is 20.5. The molecule has 2 amide bonds. The first-order valence-corrected chi connectivity index (χ1v) is 12.8. The number of amides is 2. The summed E-state index contributed by atoms with van der Waals surface area (Å²) < 4.78 is 11.5. The summed E-state index contributed by atoms with van der Waals surface area (Å²) in [5.74, 6) is 0.325. The lowest BCUT2D eigenvalue weighted by molar-refractivity contribution is -0.123. The van der Waals surface area contributed by atoms with Gasteiger partial charge in [-0.25, -0.2) is 4.79 Å². The van der Waals surface area contributed by atoms with E-state index >= 15 is 0 Å². The number of nitrogens with one attached hydrogen (secondary N) is 4. The number of carbonyl (C=O) groups is 2. The van der Waals surface area contributed by atoms with E-state index in [1.807, 2.05) is 54.7 Å². The fourth-order valence-corrected chi connectivity index (χ4v) is 4.59. The number of hydrogen-bond acceptors (Lipinski definition) is 7. The number of alkyl carbamates (subject to hydrolysis) is 1. The zero-order valence-corrected chi connectivity index (χ0v) is 22.1. The van der Waals surface area contributed by atoms with Crippen molar-refractivity contribution in [2.24, 2.45) is 0 Å². The Morgan fingerprint density at radius 3 is 2.89 bits per heavy atom. The molecule has 0 saturated carbocycles. The van der Waals surface area contributed by atoms with E-state index < -0.39 is 12.1 Å². The number of carbonyl (C=O) groups excluding carboxylic acids is 2. The first-order chi connectivity index (χ1) is 18.5. The maximum absolute atomic E-state index is 13.2. The minimum absolute atomic E-state index is 0.0166. The van der Waals surface area contributed by atoms with Crippen molar-refractivity contribution in [1.29, 1.82) is 0 Å². The Balaban J connectivity index is 1.28. The SMILES string of the molecule is COc1ccc2[nH]cc(CC(NC(=O)OCc3cnc4ccccc4c3)C(=O)NCC3C=C(Br)NO3)c2c1. The Morgan fingerprint density at radius 1 is 1.21 bits per heavy atom. The number of hydroxylamine groups is 1. The van der Waals surface area contributed by atoms with Crippen LogP contribution in [-0.4, -0.2) is 47.8 Å². The smallest absolute Gasteiger partial charge is 0.408 e. The molecule has 1 aliphatic rings. The van der Waals surface area contributed by atoms with E-state index in [0.29, 0.717) is 10.4 Å². The van der Waals surface area contributed by atoms with Crippen LogP contribution in [0.3, 0.4) is 0 Å². The maximum atomic E-state index is 13.2. The Kier molecular flexibility index (Phi) is 7.75. The Labute approximate surface area is 226 Å². The Bertz CT molecular complexity index is 1500. The normalized spacial score (nSPS) is 15.5. The number of rotatable bonds is 9. The molecule has 10 nitrogen and oxygen atoms in total. The van der Waals surface area contributed by atoms with Crippen LogP contribution < -0.4 is 20.9 Å². The summed E-state index contributed by atoms with van der Waals surface area (Å²) in [6.07, 6.45) is 4.45. The highest BCUT2D eigenvalue weighted by atomic mass is 79.9. The number of methoxy groups -OCH3 is 1. The quantitative estimate of drug-likeness (QED) is 0.222. The van der Waals surface area contributed by atoms with Crippen LogP contribution in [0.1, 0.15) is 11.1 Å². The van der Waals surface area contributed by atoms with Gasteiger partial charge in [-0.3, -0.25) is 20.1 Å². The van der Waals surface area contributed by atoms with E-state index in [9.17, 15) is 9.59 Å². The van der Waals surface area contributed by atoms with Gasteiger partial charge in [-0.2, -0.15) is 0 Å². The second-order valence-corrected chi connectivity index (χ2v) is 9.61. The van der Waals surface area contributed by atoms with Crippen molar-refractivity contribution in [3.63, 3.8) is 0 Å². The highest BCUT2D eigenvalue weighted by Crippen LogP contribution is 2.25. The molecule has 4 N–H and O–H groups in total. The molecule has 5 rings (SSSR count). The van der Waals surface area contributed by atoms with Crippen LogP contribution in [0, 0.1) is 0 Å². The predicted octanol–water partition coefficient (Wildman–Crippen LogP) is 3.82. The highest BCUT2D eigenvalue weighted by Gasteiger charge is 2.25. The standard InChI is InChI=1S/C27H26BrN5O5/c1-36-19-6-7-23-21(10-19)18(13-30-23)9-24(26(34)31-14-20-11-25(28)33-38-20)32-27(35)37-15-16-8-17-4-2-3-5-22(17)29-12-16/h2-8,10-13,20,24,30,33H,9,14-15H2,1H3,(H,31,34)(H,32,35). The minimum Gasteiger partial charge on any atom is -0.497 e. The fraction of sp³-hybridized carbons (Fsp3) is 0.222. The molecule has 11 heteroatoms. The summed E-state index contributed by atoms with van der Waals surface area (Å²) in [6.45, 7) is 0.237. The van der Waals surface area contributed by atoms with Crippen molar-refractivity contribution >= 4 is 49.7 Å². The molecule has 0 radical (unpaired) electrons. The van der Waals surface area contributed by atoms with Gasteiger partial charge in [0.15, 0.2) is 0 Å². The van der Waals surface area contributed by atoms with Crippen molar-refractivity contribution in [1.82, 2.24) is 26.1 Å². The van der Waals surface area contributed by atoms with Crippen LogP contribution in [-0.2, 0) is 27.4 Å². The number of benzene rings is 2. The molecule has 2 aromatic heterocycles. The molecular formula is C27H26BrN5O5. The third-order valence-corrected chi connectivity index (χ3v) is 6.57. The molecule has 2 aromatic carbocycles. The van der Waals surface area contributed by atoms with Gasteiger partial charge in [0.1, 0.15) is 29.1 Å². The Morgan fingerprint density at radius 2 is 2.08 bits per heavy atom. The van der Waals surface area contributed by atoms with Crippen LogP contribution >= 0.6 is 15.9 Å². The van der Waals surface area contributed by atoms with Crippen LogP contribution in [0.5, 0.6) is 5.75 Å². The maximum Gasteiger partial charge on any atom is 0.408 e. The number of pyridine rings is 1. The van der Waals surface area contributed by atoms with Gasteiger partial charge in [0.05, 0.1) is 19.2 Å². The molecule has 2 unspecified atom stereocenters. The summed E-state index contributed by atoms with van der Waals surface area (Å²) in [5, 5.41) is 7.41. The van der Waals surface area contributed by atoms with Crippen molar-refractivity contribution in [2.45, 2.75) is 25.2 Å². The summed E-state index contributed by atoms with van der Waals surface area (Å²) in [7, 11) is 1.60. The van der Waals surface area contributed by atoms with Crippen LogP contribution in [0.4, 0.5) is 4.79 Å². The summed E-state index contributed by atoms with van der Waals surface area (Å²) in [5.41, 5.74) is 6.02. The highest BCUT2D eigenvalue weighted by molar-refractivity contribution is 9.11. The number of para-hydroxylation sites is 1. The second-order valence-electron chi connectivity index (χ2n) is 8.76. The summed E-state index contributed by atoms with van der Waals surface area (Å²) in [6, 6.07) is 14.4. The molecular weight excluding hydrogens is 554 g/mol. The monoisotopic (exact) mass is 579 g/mol. The lowest BCUT2D eigenvalue weighted by Crippen LogP contribution is -2.49. The minimum atomic E-state index is -0.899. The van der Waals surface area contributed by atoms with Gasteiger partial charge in [0.25, 0.3) is 0 Å². The third-order valence-electron chi connectivity index (χ3n) is 6.14. The lowest BCUT2D eigenvalue weighted by atomic mass is 10.0. The molecule has 4 aromatic rings. The van der Waals surface area contributed by atoms with E-state index in [1.54, 1.807) is 19.4 Å². The summed E-state index contributed by atoms with van der Waals surface area (Å²) >= 11 is 3.29. The van der Waals surface area contributed by atoms with Crippen LogP contribution in [0.2, 0.25) is 0 Å². The topological polar surface area (TPSA) is 127 Å². The van der Waals surface area contributed by atoms with E-state index in [2.05, 4.69) is 42.0 Å². The van der Waals surface area contributed by atoms with Gasteiger partial charge in [0.2, 0.25) is 5.91 Å². The summed E-state index contributed by atoms with van der Waals surface area (Å²) in [4.78, 5) is 38.9. The number of H-pyrrole nitrogens is 1. The van der Waals surface area contributed by atoms with Crippen molar-refractivity contribution < 1.29 is 23.9 Å². The molecule has 0 spiro atoms. The molecule has 0 saturated heterocycles. The number of aromatic amines is 1. The fourth-order valence-electron chi connectivity index (χ4n) is 4.20. The van der Waals surface area contributed by atoms with E-state index in [1.165, 1.54) is 0 Å². The lowest BCUT2D eigenvalue weighted by Gasteiger charge is -2.19. The molecule has 0 fully saturated rings. The third kappa shape index (κ3) is 6.06. The van der Waals surface area contributed by atoms with Gasteiger partial charge in [0, 0.05) is 40.7 Å². The van der Waals surface area contributed by atoms with E-state index in [-0.39, 0.29) is 31.6 Å². The van der Waals surface area contributed by atoms with E-state index in [0.717, 1.165) is 32.9 Å². The first kappa shape index (κ1) is 25.6. The second kappa shape index (κ2) is 11.5. The largest absolute Gasteiger partial charge is 0.497 e. The van der Waals surface area contributed by atoms with Crippen molar-refractivity contribution in [2.75, 3.05) is 13.7 Å². The molecule has 196 valence electrons. The van der Waals surface area contributed by atoms with Gasteiger partial charge in [-0.15, -0.1) is 0 Å². The zero-order chi connectivity index (χ0) is 26.5. The van der Waals surface area contributed by atoms with Crippen LogP contribution in [0.15, 0.2) is 71.6 Å². The average Bonchev–Trinajstić information content (AvgIpc) is 3.55. The van der Waals surface area contributed by atoms with Crippen LogP contribution in [0.25, 0.3) is 21.8 Å². The molecule has 1 aliphatic heterocycles. The number of fused-ring (bicyclic) bond motifs is 2. The van der Waals surface area contributed by atoms with E-state index in [4.69, 9.17) is 14.3 Å². The van der Waals surface area contributed by atoms with Gasteiger partial charge < -0.3 is 25.1 Å². The molecule has 0 bridgehead atoms. The number of halogens is 1. The molecule has 0 aliphatic carbocycles. The van der Waals surface area contributed by atoms with Gasteiger partial charge in [-0.05, 0) is 57.9 Å². The number of hydrogen-bond donors (Lipinski definition) is 4. The van der Waals surface area contributed by atoms with Gasteiger partial charge >= 0.3 is 6.09 Å². The average molecular weight is 580 g/mol. The molecule has 38 heavy (non-hydrogen) atoms. The molecule has 2 atom stereocenters. The number of nitrogens with zero attached hydrogens (tertiary/aromatic N) is 1.